The van der Waals surface area contributed by atoms with Gasteiger partial charge in [-0.25, -0.2) is 0 Å². The summed E-state index contributed by atoms with van der Waals surface area (Å²) in [5.41, 5.74) is 6.63. The Balaban J connectivity index is 2.85. The summed E-state index contributed by atoms with van der Waals surface area (Å²) in [5, 5.41) is 0. The molecular weight excluding hydrogens is 169 g/mol. The van der Waals surface area contributed by atoms with Gasteiger partial charge in [-0.1, -0.05) is 18.2 Å². The highest BCUT2D eigenvalue weighted by molar-refractivity contribution is 5.35. The van der Waals surface area contributed by atoms with Crippen molar-refractivity contribution in [3.63, 3.8) is 0 Å². The van der Waals surface area contributed by atoms with E-state index < -0.39 is 6.67 Å². The molecule has 0 aliphatic heterocycles. The smallest absolute Gasteiger partial charge is 0.123 e. The van der Waals surface area contributed by atoms with E-state index in [9.17, 15) is 4.39 Å². The molecule has 0 spiro atoms. The second kappa shape index (κ2) is 4.82. The lowest BCUT2D eigenvalue weighted by molar-refractivity contribution is 0.395. The van der Waals surface area contributed by atoms with E-state index in [2.05, 4.69) is 0 Å². The van der Waals surface area contributed by atoms with Crippen LogP contribution in [0.15, 0.2) is 24.3 Å². The molecule has 0 saturated carbocycles. The summed E-state index contributed by atoms with van der Waals surface area (Å²) in [7, 11) is 1.58. The van der Waals surface area contributed by atoms with E-state index in [1.807, 2.05) is 24.3 Å². The molecule has 3 heteroatoms. The zero-order valence-electron chi connectivity index (χ0n) is 7.66. The molecule has 0 amide bonds. The van der Waals surface area contributed by atoms with Crippen molar-refractivity contribution in [2.24, 2.45) is 5.73 Å². The molecule has 13 heavy (non-hydrogen) atoms. The molecular formula is C10H14FNO. The van der Waals surface area contributed by atoms with Crippen LogP contribution >= 0.6 is 0 Å². The molecule has 1 rings (SSSR count). The molecule has 1 aromatic carbocycles. The fraction of sp³-hybridized carbons (Fsp3) is 0.400. The predicted molar refractivity (Wildman–Crippen MR) is 50.5 cm³/mol. The van der Waals surface area contributed by atoms with E-state index in [-0.39, 0.29) is 6.04 Å². The van der Waals surface area contributed by atoms with Crippen LogP contribution < -0.4 is 10.5 Å². The van der Waals surface area contributed by atoms with E-state index in [1.54, 1.807) is 7.11 Å². The molecule has 1 atom stereocenters. The Bertz CT molecular complexity index is 265. The fourth-order valence-corrected chi connectivity index (χ4v) is 1.25. The minimum absolute atomic E-state index is 0.277. The van der Waals surface area contributed by atoms with Gasteiger partial charge in [-0.05, 0) is 12.5 Å². The summed E-state index contributed by atoms with van der Waals surface area (Å²) in [6.45, 7) is -0.404. The number of benzene rings is 1. The lowest BCUT2D eigenvalue weighted by atomic mass is 10.0. The summed E-state index contributed by atoms with van der Waals surface area (Å²) in [5.74, 6) is 0.725. The number of hydrogen-bond acceptors (Lipinski definition) is 2. The van der Waals surface area contributed by atoms with Gasteiger partial charge in [0.15, 0.2) is 0 Å². The highest BCUT2D eigenvalue weighted by Gasteiger charge is 2.10. The molecule has 0 bridgehead atoms. The molecule has 2 nitrogen and oxygen atoms in total. The Kier molecular flexibility index (Phi) is 3.71. The van der Waals surface area contributed by atoms with E-state index in [0.717, 1.165) is 11.3 Å². The Morgan fingerprint density at radius 1 is 1.46 bits per heavy atom. The van der Waals surface area contributed by atoms with Crippen molar-refractivity contribution >= 4 is 0 Å². The van der Waals surface area contributed by atoms with Crippen LogP contribution in [0, 0.1) is 0 Å². The van der Waals surface area contributed by atoms with E-state index in [1.165, 1.54) is 0 Å². The average molecular weight is 183 g/mol. The maximum absolute atomic E-state index is 12.0. The lowest BCUT2D eigenvalue weighted by Crippen LogP contribution is -2.12. The first-order valence-electron chi connectivity index (χ1n) is 4.24. The van der Waals surface area contributed by atoms with E-state index >= 15 is 0 Å². The van der Waals surface area contributed by atoms with Gasteiger partial charge in [0, 0.05) is 11.6 Å². The van der Waals surface area contributed by atoms with Gasteiger partial charge in [-0.15, -0.1) is 0 Å². The van der Waals surface area contributed by atoms with E-state index in [4.69, 9.17) is 10.5 Å². The Morgan fingerprint density at radius 2 is 2.15 bits per heavy atom. The topological polar surface area (TPSA) is 35.2 Å². The van der Waals surface area contributed by atoms with Gasteiger partial charge in [0.05, 0.1) is 13.8 Å². The van der Waals surface area contributed by atoms with Gasteiger partial charge in [-0.3, -0.25) is 4.39 Å². The molecule has 0 aromatic heterocycles. The van der Waals surface area contributed by atoms with Crippen molar-refractivity contribution in [1.82, 2.24) is 0 Å². The molecule has 0 heterocycles. The highest BCUT2D eigenvalue weighted by Crippen LogP contribution is 2.24. The maximum Gasteiger partial charge on any atom is 0.123 e. The first kappa shape index (κ1) is 9.99. The quantitative estimate of drug-likeness (QED) is 0.775. The third-order valence-electron chi connectivity index (χ3n) is 1.96. The minimum Gasteiger partial charge on any atom is -0.496 e. The van der Waals surface area contributed by atoms with Crippen LogP contribution in [-0.4, -0.2) is 13.8 Å². The number of nitrogens with two attached hydrogens (primary N) is 1. The number of alkyl halides is 1. The highest BCUT2D eigenvalue weighted by atomic mass is 19.1. The summed E-state index contributed by atoms with van der Waals surface area (Å²) >= 11 is 0. The summed E-state index contributed by atoms with van der Waals surface area (Å²) in [6, 6.07) is 7.15. The van der Waals surface area contributed by atoms with Crippen LogP contribution in [0.25, 0.3) is 0 Å². The Hall–Kier alpha value is -1.09. The lowest BCUT2D eigenvalue weighted by Gasteiger charge is -2.13. The fourth-order valence-electron chi connectivity index (χ4n) is 1.25. The summed E-state index contributed by atoms with van der Waals surface area (Å²) in [6.07, 6.45) is 0.334. The van der Waals surface area contributed by atoms with Crippen molar-refractivity contribution in [3.8, 4) is 5.75 Å². The number of halogens is 1. The van der Waals surface area contributed by atoms with Crippen molar-refractivity contribution < 1.29 is 9.13 Å². The first-order valence-corrected chi connectivity index (χ1v) is 4.24. The van der Waals surface area contributed by atoms with Crippen LogP contribution in [0.5, 0.6) is 5.75 Å². The van der Waals surface area contributed by atoms with Crippen molar-refractivity contribution in [2.45, 2.75) is 12.5 Å². The van der Waals surface area contributed by atoms with Crippen molar-refractivity contribution in [1.29, 1.82) is 0 Å². The molecule has 1 aromatic rings. The molecule has 0 radical (unpaired) electrons. The van der Waals surface area contributed by atoms with Gasteiger partial charge in [-0.2, -0.15) is 0 Å². The monoisotopic (exact) mass is 183 g/mol. The maximum atomic E-state index is 12.0. The second-order valence-corrected chi connectivity index (χ2v) is 2.83. The van der Waals surface area contributed by atoms with Gasteiger partial charge >= 0.3 is 0 Å². The predicted octanol–water partition coefficient (Wildman–Crippen LogP) is 2.05. The number of methoxy groups -OCH3 is 1. The van der Waals surface area contributed by atoms with Gasteiger partial charge in [0.1, 0.15) is 5.75 Å². The zero-order chi connectivity index (χ0) is 9.68. The van der Waals surface area contributed by atoms with Crippen molar-refractivity contribution in [2.75, 3.05) is 13.8 Å². The summed E-state index contributed by atoms with van der Waals surface area (Å²) < 4.78 is 17.2. The van der Waals surface area contributed by atoms with Gasteiger partial charge in [0.2, 0.25) is 0 Å². The van der Waals surface area contributed by atoms with Crippen molar-refractivity contribution in [3.05, 3.63) is 29.8 Å². The number of ether oxygens (including phenoxy) is 1. The van der Waals surface area contributed by atoms with Crippen LogP contribution in [-0.2, 0) is 0 Å². The molecule has 0 unspecified atom stereocenters. The normalized spacial score (nSPS) is 12.5. The number of hydrogen-bond donors (Lipinski definition) is 1. The molecule has 0 fully saturated rings. The largest absolute Gasteiger partial charge is 0.496 e. The van der Waals surface area contributed by atoms with Crippen LogP contribution in [0.4, 0.5) is 4.39 Å². The average Bonchev–Trinajstić information content (AvgIpc) is 2.18. The standard InChI is InChI=1S/C10H14FNO/c1-13-10-5-3-2-4-8(10)9(12)6-7-11/h2-5,9H,6-7,12H2,1H3/t9-/m0/s1. The first-order chi connectivity index (χ1) is 6.29. The number of rotatable bonds is 4. The molecule has 0 aliphatic carbocycles. The van der Waals surface area contributed by atoms with Gasteiger partial charge in [0.25, 0.3) is 0 Å². The zero-order valence-corrected chi connectivity index (χ0v) is 7.66. The SMILES string of the molecule is COc1ccccc1[C@@H](N)CCF. The Labute approximate surface area is 77.5 Å². The van der Waals surface area contributed by atoms with Crippen LogP contribution in [0.3, 0.4) is 0 Å². The van der Waals surface area contributed by atoms with E-state index in [0.29, 0.717) is 6.42 Å². The minimum atomic E-state index is -0.404. The molecule has 72 valence electrons. The molecule has 2 N–H and O–H groups in total. The van der Waals surface area contributed by atoms with Gasteiger partial charge < -0.3 is 10.5 Å². The summed E-state index contributed by atoms with van der Waals surface area (Å²) in [4.78, 5) is 0. The third kappa shape index (κ3) is 2.42. The Morgan fingerprint density at radius 3 is 2.77 bits per heavy atom. The third-order valence-corrected chi connectivity index (χ3v) is 1.96. The second-order valence-electron chi connectivity index (χ2n) is 2.83. The van der Waals surface area contributed by atoms with Crippen LogP contribution in [0.2, 0.25) is 0 Å². The molecule has 0 aliphatic rings. The van der Waals surface area contributed by atoms with Crippen LogP contribution in [0.1, 0.15) is 18.0 Å². The number of para-hydroxylation sites is 1. The molecule has 0 saturated heterocycles.